The van der Waals surface area contributed by atoms with Crippen molar-refractivity contribution in [3.63, 3.8) is 0 Å². The molecular formula is C11H11F2N3O. The molecule has 0 aliphatic rings. The molecule has 1 amide bonds. The number of carbonyl (C=O) groups is 1. The molecule has 4 nitrogen and oxygen atoms in total. The van der Waals surface area contributed by atoms with Gasteiger partial charge in [0, 0.05) is 19.2 Å². The van der Waals surface area contributed by atoms with Crippen molar-refractivity contribution in [3.8, 4) is 6.07 Å². The molecule has 1 aromatic heterocycles. The molecule has 1 heterocycles. The van der Waals surface area contributed by atoms with Crippen LogP contribution in [-0.4, -0.2) is 17.4 Å². The molecule has 0 radical (unpaired) electrons. The van der Waals surface area contributed by atoms with E-state index < -0.39 is 17.7 Å². The van der Waals surface area contributed by atoms with Gasteiger partial charge < -0.3 is 5.32 Å². The minimum atomic E-state index is -1.29. The highest BCUT2D eigenvalue weighted by Gasteiger charge is 2.15. The van der Waals surface area contributed by atoms with E-state index in [-0.39, 0.29) is 5.56 Å². The molecular weight excluding hydrogens is 228 g/mol. The van der Waals surface area contributed by atoms with E-state index in [4.69, 9.17) is 5.26 Å². The van der Waals surface area contributed by atoms with Crippen LogP contribution in [0.25, 0.3) is 0 Å². The first-order valence-corrected chi connectivity index (χ1v) is 5.12. The molecule has 1 N–H and O–H groups in total. The SMILES string of the molecule is N#CCCCCNC(=O)c1ccnc(F)c1F. The van der Waals surface area contributed by atoms with Gasteiger partial charge in [0.1, 0.15) is 0 Å². The Morgan fingerprint density at radius 2 is 2.24 bits per heavy atom. The lowest BCUT2D eigenvalue weighted by atomic mass is 10.2. The second-order valence-corrected chi connectivity index (χ2v) is 3.33. The van der Waals surface area contributed by atoms with E-state index in [2.05, 4.69) is 10.3 Å². The van der Waals surface area contributed by atoms with Crippen LogP contribution in [-0.2, 0) is 0 Å². The van der Waals surface area contributed by atoms with Crippen LogP contribution in [0.15, 0.2) is 12.3 Å². The molecule has 0 bridgehead atoms. The summed E-state index contributed by atoms with van der Waals surface area (Å²) >= 11 is 0. The molecule has 90 valence electrons. The van der Waals surface area contributed by atoms with Crippen LogP contribution >= 0.6 is 0 Å². The molecule has 0 atom stereocenters. The highest BCUT2D eigenvalue weighted by Crippen LogP contribution is 2.08. The average Bonchev–Trinajstić information content (AvgIpc) is 2.32. The lowest BCUT2D eigenvalue weighted by molar-refractivity contribution is 0.0947. The fraction of sp³-hybridized carbons (Fsp3) is 0.364. The van der Waals surface area contributed by atoms with Gasteiger partial charge in [-0.05, 0) is 18.9 Å². The van der Waals surface area contributed by atoms with Gasteiger partial charge in [0.05, 0.1) is 11.6 Å². The third-order valence-electron chi connectivity index (χ3n) is 2.09. The molecule has 0 unspecified atom stereocenters. The summed E-state index contributed by atoms with van der Waals surface area (Å²) < 4.78 is 25.9. The van der Waals surface area contributed by atoms with E-state index in [1.165, 1.54) is 0 Å². The average molecular weight is 239 g/mol. The molecule has 0 spiro atoms. The van der Waals surface area contributed by atoms with Gasteiger partial charge in [-0.3, -0.25) is 4.79 Å². The Hall–Kier alpha value is -2.03. The number of nitrogens with one attached hydrogen (secondary N) is 1. The molecule has 17 heavy (non-hydrogen) atoms. The number of rotatable bonds is 5. The third-order valence-corrected chi connectivity index (χ3v) is 2.09. The first-order chi connectivity index (χ1) is 8.16. The number of nitrogens with zero attached hydrogens (tertiary/aromatic N) is 2. The summed E-state index contributed by atoms with van der Waals surface area (Å²) in [4.78, 5) is 14.5. The smallest absolute Gasteiger partial charge is 0.254 e. The Morgan fingerprint density at radius 1 is 1.47 bits per heavy atom. The van der Waals surface area contributed by atoms with Crippen molar-refractivity contribution in [2.45, 2.75) is 19.3 Å². The zero-order chi connectivity index (χ0) is 12.7. The number of hydrogen-bond donors (Lipinski definition) is 1. The van der Waals surface area contributed by atoms with E-state index in [9.17, 15) is 13.6 Å². The van der Waals surface area contributed by atoms with E-state index in [0.29, 0.717) is 25.8 Å². The predicted molar refractivity (Wildman–Crippen MR) is 56.0 cm³/mol. The van der Waals surface area contributed by atoms with Gasteiger partial charge in [0.15, 0.2) is 5.82 Å². The lowest BCUT2D eigenvalue weighted by Gasteiger charge is -2.05. The molecule has 0 aliphatic heterocycles. The fourth-order valence-corrected chi connectivity index (χ4v) is 1.22. The summed E-state index contributed by atoms with van der Waals surface area (Å²) in [6, 6.07) is 3.09. The Balaban J connectivity index is 2.48. The molecule has 0 saturated carbocycles. The van der Waals surface area contributed by atoms with E-state index in [1.54, 1.807) is 0 Å². The number of pyridine rings is 1. The standard InChI is InChI=1S/C11H11F2N3O/c12-9-8(4-7-15-10(9)13)11(17)16-6-3-1-2-5-14/h4,7H,1-3,6H2,(H,16,17). The van der Waals surface area contributed by atoms with Gasteiger partial charge >= 0.3 is 0 Å². The highest BCUT2D eigenvalue weighted by molar-refractivity contribution is 5.94. The van der Waals surface area contributed by atoms with Gasteiger partial charge in [-0.15, -0.1) is 0 Å². The summed E-state index contributed by atoms with van der Waals surface area (Å²) in [5.41, 5.74) is -0.363. The minimum Gasteiger partial charge on any atom is -0.352 e. The fourth-order valence-electron chi connectivity index (χ4n) is 1.22. The second kappa shape index (κ2) is 6.53. The van der Waals surface area contributed by atoms with Gasteiger partial charge in [-0.25, -0.2) is 9.37 Å². The van der Waals surface area contributed by atoms with Crippen LogP contribution in [0.4, 0.5) is 8.78 Å². The van der Waals surface area contributed by atoms with Crippen LogP contribution in [0.2, 0.25) is 0 Å². The maximum atomic E-state index is 13.1. The largest absolute Gasteiger partial charge is 0.352 e. The quantitative estimate of drug-likeness (QED) is 0.629. The number of amides is 1. The van der Waals surface area contributed by atoms with Crippen molar-refractivity contribution in [2.24, 2.45) is 0 Å². The van der Waals surface area contributed by atoms with Crippen LogP contribution in [0, 0.1) is 23.1 Å². The van der Waals surface area contributed by atoms with Crippen molar-refractivity contribution >= 4 is 5.91 Å². The molecule has 6 heteroatoms. The van der Waals surface area contributed by atoms with E-state index in [1.807, 2.05) is 6.07 Å². The monoisotopic (exact) mass is 239 g/mol. The zero-order valence-electron chi connectivity index (χ0n) is 9.04. The Kier molecular flexibility index (Phi) is 5.01. The normalized spacial score (nSPS) is 9.71. The Morgan fingerprint density at radius 3 is 2.94 bits per heavy atom. The van der Waals surface area contributed by atoms with Crippen LogP contribution in [0.3, 0.4) is 0 Å². The second-order valence-electron chi connectivity index (χ2n) is 3.33. The van der Waals surface area contributed by atoms with E-state index >= 15 is 0 Å². The van der Waals surface area contributed by atoms with Crippen LogP contribution < -0.4 is 5.32 Å². The number of hydrogen-bond acceptors (Lipinski definition) is 3. The molecule has 0 fully saturated rings. The number of halogens is 2. The van der Waals surface area contributed by atoms with Crippen LogP contribution in [0.1, 0.15) is 29.6 Å². The first-order valence-electron chi connectivity index (χ1n) is 5.12. The van der Waals surface area contributed by atoms with Crippen molar-refractivity contribution in [2.75, 3.05) is 6.54 Å². The highest BCUT2D eigenvalue weighted by atomic mass is 19.2. The zero-order valence-corrected chi connectivity index (χ0v) is 9.04. The molecule has 1 rings (SSSR count). The van der Waals surface area contributed by atoms with Crippen LogP contribution in [0.5, 0.6) is 0 Å². The number of nitriles is 1. The molecule has 0 aromatic carbocycles. The van der Waals surface area contributed by atoms with Gasteiger partial charge in [0.25, 0.3) is 5.91 Å². The van der Waals surface area contributed by atoms with Crippen molar-refractivity contribution in [1.82, 2.24) is 10.3 Å². The maximum absolute atomic E-state index is 13.1. The first kappa shape index (κ1) is 13.0. The lowest BCUT2D eigenvalue weighted by Crippen LogP contribution is -2.25. The van der Waals surface area contributed by atoms with E-state index in [0.717, 1.165) is 12.3 Å². The van der Waals surface area contributed by atoms with Gasteiger partial charge in [-0.2, -0.15) is 9.65 Å². The number of carbonyl (C=O) groups excluding carboxylic acids is 1. The number of unbranched alkanes of at least 4 members (excludes halogenated alkanes) is 2. The third kappa shape index (κ3) is 3.79. The molecule has 0 saturated heterocycles. The Bertz CT molecular complexity index is 443. The van der Waals surface area contributed by atoms with Crippen molar-refractivity contribution in [3.05, 3.63) is 29.6 Å². The van der Waals surface area contributed by atoms with Crippen molar-refractivity contribution in [1.29, 1.82) is 5.26 Å². The molecule has 1 aromatic rings. The van der Waals surface area contributed by atoms with Gasteiger partial charge in [-0.1, -0.05) is 0 Å². The topological polar surface area (TPSA) is 65.8 Å². The van der Waals surface area contributed by atoms with Gasteiger partial charge in [0.2, 0.25) is 5.95 Å². The summed E-state index contributed by atoms with van der Waals surface area (Å²) in [7, 11) is 0. The summed E-state index contributed by atoms with van der Waals surface area (Å²) in [6.07, 6.45) is 2.72. The molecule has 0 aliphatic carbocycles. The predicted octanol–water partition coefficient (Wildman–Crippen LogP) is 1.78. The van der Waals surface area contributed by atoms with Crippen molar-refractivity contribution < 1.29 is 13.6 Å². The summed E-state index contributed by atoms with van der Waals surface area (Å²) in [5, 5.41) is 10.7. The summed E-state index contributed by atoms with van der Waals surface area (Å²) in [6.45, 7) is 0.323. The Labute approximate surface area is 97.3 Å². The number of aromatic nitrogens is 1. The maximum Gasteiger partial charge on any atom is 0.254 e. The minimum absolute atomic E-state index is 0.323. The summed E-state index contributed by atoms with van der Waals surface area (Å²) in [5.74, 6) is -3.22.